The van der Waals surface area contributed by atoms with Crippen LogP contribution in [0.5, 0.6) is 0 Å². The molecule has 0 aliphatic heterocycles. The zero-order chi connectivity index (χ0) is 15.0. The van der Waals surface area contributed by atoms with Crippen LogP contribution in [-0.2, 0) is 0 Å². The lowest BCUT2D eigenvalue weighted by Gasteiger charge is -2.22. The monoisotopic (exact) mass is 331 g/mol. The second kappa shape index (κ2) is 5.71. The van der Waals surface area contributed by atoms with E-state index in [4.69, 9.17) is 5.73 Å². The van der Waals surface area contributed by atoms with Gasteiger partial charge in [-0.1, -0.05) is 39.7 Å². The summed E-state index contributed by atoms with van der Waals surface area (Å²) >= 11 is 3.63. The molecule has 0 aliphatic rings. The minimum absolute atomic E-state index is 0.0946. The Morgan fingerprint density at radius 3 is 2.00 bits per heavy atom. The summed E-state index contributed by atoms with van der Waals surface area (Å²) in [4.78, 5) is 0. The second-order valence-corrected chi connectivity index (χ2v) is 6.53. The van der Waals surface area contributed by atoms with Gasteiger partial charge >= 0.3 is 0 Å². The van der Waals surface area contributed by atoms with Gasteiger partial charge in [0.25, 0.3) is 0 Å². The van der Waals surface area contributed by atoms with Crippen molar-refractivity contribution < 1.29 is 0 Å². The van der Waals surface area contributed by atoms with Gasteiger partial charge in [0.05, 0.1) is 6.04 Å². The topological polar surface area (TPSA) is 26.0 Å². The van der Waals surface area contributed by atoms with Crippen LogP contribution in [0.3, 0.4) is 0 Å². The third-order valence-electron chi connectivity index (χ3n) is 4.22. The number of benzene rings is 2. The molecular formula is C18H22BrN. The molecule has 0 fully saturated rings. The van der Waals surface area contributed by atoms with E-state index >= 15 is 0 Å². The Morgan fingerprint density at radius 1 is 0.900 bits per heavy atom. The van der Waals surface area contributed by atoms with Crippen LogP contribution < -0.4 is 5.73 Å². The second-order valence-electron chi connectivity index (χ2n) is 5.68. The van der Waals surface area contributed by atoms with Crippen molar-refractivity contribution >= 4 is 15.9 Å². The number of rotatable bonds is 2. The molecule has 2 N–H and O–H groups in total. The van der Waals surface area contributed by atoms with E-state index in [0.29, 0.717) is 0 Å². The Bertz CT molecular complexity index is 633. The lowest BCUT2D eigenvalue weighted by molar-refractivity contribution is 0.839. The zero-order valence-electron chi connectivity index (χ0n) is 12.8. The summed E-state index contributed by atoms with van der Waals surface area (Å²) in [5.74, 6) is 0. The molecule has 1 unspecified atom stereocenters. The van der Waals surface area contributed by atoms with Crippen LogP contribution in [0.1, 0.15) is 45.0 Å². The van der Waals surface area contributed by atoms with Crippen molar-refractivity contribution in [3.05, 3.63) is 67.7 Å². The molecular weight excluding hydrogens is 310 g/mol. The third kappa shape index (κ3) is 2.68. The molecule has 106 valence electrons. The number of hydrogen-bond donors (Lipinski definition) is 1. The van der Waals surface area contributed by atoms with Crippen molar-refractivity contribution in [3.8, 4) is 0 Å². The van der Waals surface area contributed by atoms with E-state index in [1.54, 1.807) is 0 Å². The maximum atomic E-state index is 6.60. The highest BCUT2D eigenvalue weighted by molar-refractivity contribution is 9.10. The normalized spacial score (nSPS) is 12.6. The van der Waals surface area contributed by atoms with Crippen molar-refractivity contribution in [2.75, 3.05) is 0 Å². The molecule has 0 amide bonds. The molecule has 2 aromatic carbocycles. The average molecular weight is 332 g/mol. The van der Waals surface area contributed by atoms with Crippen LogP contribution in [0.4, 0.5) is 0 Å². The van der Waals surface area contributed by atoms with Crippen LogP contribution in [-0.4, -0.2) is 0 Å². The van der Waals surface area contributed by atoms with Gasteiger partial charge in [0.1, 0.15) is 0 Å². The van der Waals surface area contributed by atoms with Gasteiger partial charge in [0.15, 0.2) is 0 Å². The van der Waals surface area contributed by atoms with E-state index in [9.17, 15) is 0 Å². The standard InChI is InChI=1S/C18H22BrN/c1-10-6-7-16(19)15(8-10)18(20)17-13(4)11(2)9-12(3)14(17)5/h6-9,18H,20H2,1-5H3. The Morgan fingerprint density at radius 2 is 1.45 bits per heavy atom. The first-order valence-corrected chi connectivity index (χ1v) is 7.71. The highest BCUT2D eigenvalue weighted by atomic mass is 79.9. The Balaban J connectivity index is 2.65. The fourth-order valence-corrected chi connectivity index (χ4v) is 3.26. The van der Waals surface area contributed by atoms with Crippen LogP contribution in [0.2, 0.25) is 0 Å². The fourth-order valence-electron chi connectivity index (χ4n) is 2.77. The smallest absolute Gasteiger partial charge is 0.0568 e. The molecule has 20 heavy (non-hydrogen) atoms. The van der Waals surface area contributed by atoms with Crippen molar-refractivity contribution in [1.82, 2.24) is 0 Å². The minimum atomic E-state index is -0.0946. The molecule has 0 radical (unpaired) electrons. The number of aryl methyl sites for hydroxylation is 3. The summed E-state index contributed by atoms with van der Waals surface area (Å²) in [6.07, 6.45) is 0. The zero-order valence-corrected chi connectivity index (χ0v) is 14.4. The molecule has 0 aromatic heterocycles. The van der Waals surface area contributed by atoms with E-state index in [1.165, 1.54) is 33.4 Å². The highest BCUT2D eigenvalue weighted by Gasteiger charge is 2.19. The first-order valence-electron chi connectivity index (χ1n) is 6.92. The summed E-state index contributed by atoms with van der Waals surface area (Å²) < 4.78 is 1.08. The van der Waals surface area contributed by atoms with Crippen molar-refractivity contribution in [1.29, 1.82) is 0 Å². The molecule has 2 heteroatoms. The van der Waals surface area contributed by atoms with E-state index in [1.807, 2.05) is 0 Å². The van der Waals surface area contributed by atoms with Crippen LogP contribution >= 0.6 is 15.9 Å². The molecule has 0 heterocycles. The largest absolute Gasteiger partial charge is 0.320 e. The van der Waals surface area contributed by atoms with Crippen molar-refractivity contribution in [2.24, 2.45) is 5.73 Å². The lowest BCUT2D eigenvalue weighted by atomic mass is 9.87. The molecule has 1 nitrogen and oxygen atoms in total. The summed E-state index contributed by atoms with van der Waals surface area (Å²) in [6, 6.07) is 8.50. The van der Waals surface area contributed by atoms with Gasteiger partial charge in [0, 0.05) is 4.47 Å². The number of hydrogen-bond acceptors (Lipinski definition) is 1. The quantitative estimate of drug-likeness (QED) is 0.819. The van der Waals surface area contributed by atoms with E-state index in [0.717, 1.165) is 10.0 Å². The Kier molecular flexibility index (Phi) is 4.36. The van der Waals surface area contributed by atoms with Gasteiger partial charge < -0.3 is 5.73 Å². The predicted molar refractivity (Wildman–Crippen MR) is 90.3 cm³/mol. The summed E-state index contributed by atoms with van der Waals surface area (Å²) in [5.41, 5.74) is 15.5. The first kappa shape index (κ1) is 15.3. The lowest BCUT2D eigenvalue weighted by Crippen LogP contribution is -2.17. The summed E-state index contributed by atoms with van der Waals surface area (Å²) in [6.45, 7) is 10.7. The highest BCUT2D eigenvalue weighted by Crippen LogP contribution is 2.33. The molecule has 0 saturated carbocycles. The van der Waals surface area contributed by atoms with Crippen molar-refractivity contribution in [2.45, 2.75) is 40.7 Å². The molecule has 1 atom stereocenters. The maximum absolute atomic E-state index is 6.60. The van der Waals surface area contributed by atoms with Gasteiger partial charge in [-0.05, 0) is 74.1 Å². The van der Waals surface area contributed by atoms with Gasteiger partial charge in [0.2, 0.25) is 0 Å². The number of nitrogens with two attached hydrogens (primary N) is 1. The SMILES string of the molecule is Cc1ccc(Br)c(C(N)c2c(C)c(C)cc(C)c2C)c1. The third-order valence-corrected chi connectivity index (χ3v) is 4.94. The molecule has 0 aliphatic carbocycles. The maximum Gasteiger partial charge on any atom is 0.0568 e. The minimum Gasteiger partial charge on any atom is -0.320 e. The molecule has 0 bridgehead atoms. The molecule has 2 rings (SSSR count). The number of halogens is 1. The van der Waals surface area contributed by atoms with Gasteiger partial charge in [-0.2, -0.15) is 0 Å². The summed E-state index contributed by atoms with van der Waals surface area (Å²) in [5, 5.41) is 0. The van der Waals surface area contributed by atoms with E-state index in [-0.39, 0.29) is 6.04 Å². The van der Waals surface area contributed by atoms with Crippen LogP contribution in [0, 0.1) is 34.6 Å². The van der Waals surface area contributed by atoms with Crippen molar-refractivity contribution in [3.63, 3.8) is 0 Å². The van der Waals surface area contributed by atoms with Gasteiger partial charge in [-0.25, -0.2) is 0 Å². The van der Waals surface area contributed by atoms with Gasteiger partial charge in [-0.3, -0.25) is 0 Å². The first-order chi connectivity index (χ1) is 9.32. The van der Waals surface area contributed by atoms with Crippen LogP contribution in [0.25, 0.3) is 0 Å². The fraction of sp³-hybridized carbons (Fsp3) is 0.333. The predicted octanol–water partition coefficient (Wildman–Crippen LogP) is 5.04. The Hall–Kier alpha value is -1.12. The molecule has 0 spiro atoms. The molecule has 2 aromatic rings. The Labute approximate surface area is 130 Å². The average Bonchev–Trinajstić information content (AvgIpc) is 2.39. The van der Waals surface area contributed by atoms with E-state index in [2.05, 4.69) is 74.8 Å². The molecule has 0 saturated heterocycles. The van der Waals surface area contributed by atoms with Gasteiger partial charge in [-0.15, -0.1) is 0 Å². The van der Waals surface area contributed by atoms with Crippen LogP contribution in [0.15, 0.2) is 28.7 Å². The summed E-state index contributed by atoms with van der Waals surface area (Å²) in [7, 11) is 0. The van der Waals surface area contributed by atoms with E-state index < -0.39 is 0 Å².